The van der Waals surface area contributed by atoms with Crippen LogP contribution >= 0.6 is 0 Å². The summed E-state index contributed by atoms with van der Waals surface area (Å²) in [6.07, 6.45) is 0. The fourth-order valence-electron chi connectivity index (χ4n) is 1.80. The van der Waals surface area contributed by atoms with Crippen molar-refractivity contribution in [3.05, 3.63) is 54.1 Å². The zero-order valence-corrected chi connectivity index (χ0v) is 14.3. The normalized spacial score (nSPS) is 10.8. The van der Waals surface area contributed by atoms with Gasteiger partial charge < -0.3 is 0 Å². The topological polar surface area (TPSA) is 33.0 Å². The minimum absolute atomic E-state index is 0.557. The fraction of sp³-hybridized carbons (Fsp3) is 0.188. The molecule has 96 valence electrons. The quantitative estimate of drug-likeness (QED) is 0.780. The molecule has 2 nitrogen and oxygen atoms in total. The molecule has 0 radical (unpaired) electrons. The number of ether oxygens (including phenoxy) is 1. The van der Waals surface area contributed by atoms with Gasteiger partial charge >= 0.3 is 118 Å². The van der Waals surface area contributed by atoms with Crippen molar-refractivity contribution in [2.45, 2.75) is 14.8 Å². The predicted octanol–water partition coefficient (Wildman–Crippen LogP) is 3.90. The first-order valence-electron chi connectivity index (χ1n) is 6.28. The van der Waals surface area contributed by atoms with Gasteiger partial charge in [-0.1, -0.05) is 0 Å². The van der Waals surface area contributed by atoms with E-state index in [1.807, 2.05) is 30.3 Å². The summed E-state index contributed by atoms with van der Waals surface area (Å²) in [5.74, 6) is 1.39. The summed E-state index contributed by atoms with van der Waals surface area (Å²) in [5.41, 5.74) is 0.557. The van der Waals surface area contributed by atoms with E-state index in [4.69, 9.17) is 10.00 Å². The molecule has 0 amide bonds. The van der Waals surface area contributed by atoms with E-state index in [-0.39, 0.29) is 0 Å². The Hall–Kier alpha value is -1.47. The average molecular weight is 358 g/mol. The van der Waals surface area contributed by atoms with Crippen LogP contribution in [-0.4, -0.2) is 18.4 Å². The molecule has 19 heavy (non-hydrogen) atoms. The zero-order chi connectivity index (χ0) is 13.9. The zero-order valence-electron chi connectivity index (χ0n) is 11.5. The number of para-hydroxylation sites is 1. The van der Waals surface area contributed by atoms with Crippen molar-refractivity contribution in [3.8, 4) is 17.6 Å². The van der Waals surface area contributed by atoms with Gasteiger partial charge in [0.25, 0.3) is 0 Å². The number of rotatable bonds is 3. The van der Waals surface area contributed by atoms with Crippen LogP contribution in [0.15, 0.2) is 48.5 Å². The second kappa shape index (κ2) is 5.66. The Morgan fingerprint density at radius 1 is 0.947 bits per heavy atom. The summed E-state index contributed by atoms with van der Waals surface area (Å²) in [6, 6.07) is 17.7. The third-order valence-electron chi connectivity index (χ3n) is 2.96. The number of nitriles is 1. The first-order chi connectivity index (χ1) is 9.00. The van der Waals surface area contributed by atoms with E-state index in [0.29, 0.717) is 11.3 Å². The second-order valence-electron chi connectivity index (χ2n) is 5.48. The third-order valence-corrected chi connectivity index (χ3v) is 8.85. The maximum absolute atomic E-state index is 9.03. The van der Waals surface area contributed by atoms with Gasteiger partial charge in [0.1, 0.15) is 0 Å². The Bertz CT molecular complexity index is 606. The van der Waals surface area contributed by atoms with E-state index in [1.54, 1.807) is 6.07 Å². The van der Waals surface area contributed by atoms with E-state index < -0.39 is 18.4 Å². The van der Waals surface area contributed by atoms with Gasteiger partial charge in [0.2, 0.25) is 0 Å². The summed E-state index contributed by atoms with van der Waals surface area (Å²) >= 11 is -1.99. The number of benzene rings is 2. The number of nitrogens with zero attached hydrogens (tertiary/aromatic N) is 1. The molecule has 0 aromatic heterocycles. The van der Waals surface area contributed by atoms with Crippen LogP contribution in [0.1, 0.15) is 5.56 Å². The molecule has 0 unspecified atom stereocenters. The van der Waals surface area contributed by atoms with Crippen molar-refractivity contribution in [2.24, 2.45) is 0 Å². The van der Waals surface area contributed by atoms with Gasteiger partial charge in [0.05, 0.1) is 0 Å². The molecule has 0 heterocycles. The molecule has 0 atom stereocenters. The Balaban J connectivity index is 2.23. The minimum atomic E-state index is -1.99. The Labute approximate surface area is 118 Å². The van der Waals surface area contributed by atoms with Gasteiger partial charge in [-0.05, 0) is 0 Å². The van der Waals surface area contributed by atoms with Gasteiger partial charge in [-0.2, -0.15) is 0 Å². The maximum atomic E-state index is 9.03. The molecule has 0 fully saturated rings. The first kappa shape index (κ1) is 13.9. The first-order valence-corrected chi connectivity index (χ1v) is 16.3. The van der Waals surface area contributed by atoms with Gasteiger partial charge in [0, 0.05) is 0 Å². The summed E-state index contributed by atoms with van der Waals surface area (Å²) in [6.45, 7) is 0. The third kappa shape index (κ3) is 3.51. The fourth-order valence-corrected chi connectivity index (χ4v) is 5.13. The molecule has 2 aromatic carbocycles. The molecule has 2 rings (SSSR count). The van der Waals surface area contributed by atoms with Gasteiger partial charge in [0.15, 0.2) is 0 Å². The van der Waals surface area contributed by atoms with Crippen LogP contribution in [0.2, 0.25) is 14.8 Å². The summed E-state index contributed by atoms with van der Waals surface area (Å²) in [7, 11) is 0. The molecule has 0 saturated heterocycles. The van der Waals surface area contributed by atoms with E-state index >= 15 is 0 Å². The van der Waals surface area contributed by atoms with Crippen LogP contribution in [-0.2, 0) is 0 Å². The SMILES string of the molecule is [CH3][Sn]([CH3])([CH3])[c]1ccc(Oc2ccccc2C#N)cc1. The summed E-state index contributed by atoms with van der Waals surface area (Å²) < 4.78 is 7.24. The van der Waals surface area contributed by atoms with E-state index in [9.17, 15) is 0 Å². The molecule has 0 aliphatic rings. The molecule has 3 heteroatoms. The molecule has 0 aliphatic heterocycles. The van der Waals surface area contributed by atoms with Gasteiger partial charge in [-0.15, -0.1) is 0 Å². The van der Waals surface area contributed by atoms with Crippen molar-refractivity contribution >= 4 is 22.0 Å². The van der Waals surface area contributed by atoms with Crippen molar-refractivity contribution in [2.75, 3.05) is 0 Å². The van der Waals surface area contributed by atoms with Gasteiger partial charge in [-0.3, -0.25) is 0 Å². The molecular weight excluding hydrogens is 341 g/mol. The van der Waals surface area contributed by atoms with E-state index in [1.165, 1.54) is 3.58 Å². The van der Waals surface area contributed by atoms with E-state index in [0.717, 1.165) is 5.75 Å². The van der Waals surface area contributed by atoms with Crippen molar-refractivity contribution < 1.29 is 4.74 Å². The monoisotopic (exact) mass is 359 g/mol. The predicted molar refractivity (Wildman–Crippen MR) is 80.7 cm³/mol. The standard InChI is InChI=1S/C13H8NO.3CH3.Sn/c14-10-11-6-4-5-9-13(11)15-12-7-2-1-3-8-12;;;;/h2-9H;3*1H3;. The summed E-state index contributed by atoms with van der Waals surface area (Å²) in [5, 5.41) is 9.03. The Morgan fingerprint density at radius 3 is 2.16 bits per heavy atom. The Kier molecular flexibility index (Phi) is 4.16. The van der Waals surface area contributed by atoms with E-state index in [2.05, 4.69) is 33.0 Å². The molecule has 0 aliphatic carbocycles. The van der Waals surface area contributed by atoms with Gasteiger partial charge in [-0.25, -0.2) is 0 Å². The molecule has 0 spiro atoms. The molecular formula is C16H17NOSn. The van der Waals surface area contributed by atoms with Crippen LogP contribution < -0.4 is 8.32 Å². The van der Waals surface area contributed by atoms with Crippen LogP contribution in [0.5, 0.6) is 11.5 Å². The number of hydrogen-bond acceptors (Lipinski definition) is 2. The molecule has 0 bridgehead atoms. The van der Waals surface area contributed by atoms with Crippen molar-refractivity contribution in [1.29, 1.82) is 5.26 Å². The van der Waals surface area contributed by atoms with Crippen LogP contribution in [0.3, 0.4) is 0 Å². The van der Waals surface area contributed by atoms with Crippen molar-refractivity contribution in [1.82, 2.24) is 0 Å². The second-order valence-corrected chi connectivity index (χ2v) is 20.0. The molecule has 0 N–H and O–H groups in total. The summed E-state index contributed by atoms with van der Waals surface area (Å²) in [4.78, 5) is 7.15. The average Bonchev–Trinajstić information content (AvgIpc) is 2.39. The Morgan fingerprint density at radius 2 is 1.58 bits per heavy atom. The molecule has 2 aromatic rings. The van der Waals surface area contributed by atoms with Crippen molar-refractivity contribution in [3.63, 3.8) is 0 Å². The van der Waals surface area contributed by atoms with Crippen LogP contribution in [0, 0.1) is 11.3 Å². The number of hydrogen-bond donors (Lipinski definition) is 0. The van der Waals surface area contributed by atoms with Crippen LogP contribution in [0.25, 0.3) is 0 Å². The molecule has 0 saturated carbocycles. The van der Waals surface area contributed by atoms with Crippen LogP contribution in [0.4, 0.5) is 0 Å².